The van der Waals surface area contributed by atoms with E-state index in [0.29, 0.717) is 39.0 Å². The van der Waals surface area contributed by atoms with Gasteiger partial charge in [0.2, 0.25) is 0 Å². The number of nitrogens with one attached hydrogen (secondary N) is 1. The van der Waals surface area contributed by atoms with Crippen molar-refractivity contribution in [3.63, 3.8) is 0 Å². The van der Waals surface area contributed by atoms with Gasteiger partial charge in [-0.1, -0.05) is 58.5 Å². The molecule has 20 heavy (non-hydrogen) atoms. The van der Waals surface area contributed by atoms with Gasteiger partial charge in [0.1, 0.15) is 12.4 Å². The molecule has 0 saturated heterocycles. The van der Waals surface area contributed by atoms with Gasteiger partial charge >= 0.3 is 0 Å². The Morgan fingerprint density at radius 1 is 0.850 bits per heavy atom. The lowest BCUT2D eigenvalue weighted by atomic mass is 10.3. The van der Waals surface area contributed by atoms with Crippen LogP contribution in [0.1, 0.15) is 0 Å². The highest BCUT2D eigenvalue weighted by molar-refractivity contribution is 6.43. The van der Waals surface area contributed by atoms with Crippen LogP contribution in [0, 0.1) is 0 Å². The third-order valence-electron chi connectivity index (χ3n) is 2.52. The zero-order chi connectivity index (χ0) is 14.5. The van der Waals surface area contributed by atoms with Gasteiger partial charge in [-0.2, -0.15) is 0 Å². The summed E-state index contributed by atoms with van der Waals surface area (Å²) < 4.78 is 5.55. The highest BCUT2D eigenvalue weighted by Crippen LogP contribution is 2.33. The van der Waals surface area contributed by atoms with Gasteiger partial charge in [-0.05, 0) is 18.2 Å². The molecule has 2 nitrogen and oxygen atoms in total. The second-order valence-corrected chi connectivity index (χ2v) is 5.58. The molecule has 0 fully saturated rings. The minimum atomic E-state index is 0.401. The maximum Gasteiger partial charge on any atom is 0.139 e. The lowest BCUT2D eigenvalue weighted by Gasteiger charge is -2.11. The van der Waals surface area contributed by atoms with Crippen LogP contribution >= 0.6 is 46.4 Å². The van der Waals surface area contributed by atoms with E-state index in [1.165, 1.54) is 0 Å². The zero-order valence-corrected chi connectivity index (χ0v) is 13.3. The quantitative estimate of drug-likeness (QED) is 0.544. The number of anilines is 1. The summed E-state index contributed by atoms with van der Waals surface area (Å²) >= 11 is 23.8. The lowest BCUT2D eigenvalue weighted by molar-refractivity contribution is 0.333. The zero-order valence-electron chi connectivity index (χ0n) is 10.3. The molecule has 2 aromatic carbocycles. The third-order valence-corrected chi connectivity index (χ3v) is 3.87. The van der Waals surface area contributed by atoms with E-state index >= 15 is 0 Å². The SMILES string of the molecule is Clc1cc(Cl)c(OCCNc2ccccc2Cl)cc1Cl. The average Bonchev–Trinajstić information content (AvgIpc) is 2.42. The molecule has 0 saturated carbocycles. The number of halogens is 4. The third kappa shape index (κ3) is 4.10. The van der Waals surface area contributed by atoms with Crippen LogP contribution in [0.25, 0.3) is 0 Å². The molecule has 0 aromatic heterocycles. The first-order valence-electron chi connectivity index (χ1n) is 5.83. The van der Waals surface area contributed by atoms with E-state index < -0.39 is 0 Å². The van der Waals surface area contributed by atoms with Gasteiger partial charge in [-0.15, -0.1) is 0 Å². The Balaban J connectivity index is 1.88. The Hall–Kier alpha value is -0.800. The van der Waals surface area contributed by atoms with Crippen LogP contribution in [-0.2, 0) is 0 Å². The van der Waals surface area contributed by atoms with Gasteiger partial charge in [-0.3, -0.25) is 0 Å². The largest absolute Gasteiger partial charge is 0.490 e. The number of ether oxygens (including phenoxy) is 1. The summed E-state index contributed by atoms with van der Waals surface area (Å²) in [6.07, 6.45) is 0. The molecule has 106 valence electrons. The molecule has 2 aromatic rings. The van der Waals surface area contributed by atoms with Gasteiger partial charge < -0.3 is 10.1 Å². The van der Waals surface area contributed by atoms with Crippen molar-refractivity contribution in [3.05, 3.63) is 56.5 Å². The van der Waals surface area contributed by atoms with Crippen molar-refractivity contribution in [2.75, 3.05) is 18.5 Å². The summed E-state index contributed by atoms with van der Waals surface area (Å²) in [6.45, 7) is 1.00. The van der Waals surface area contributed by atoms with Crippen molar-refractivity contribution in [3.8, 4) is 5.75 Å². The molecule has 0 spiro atoms. The van der Waals surface area contributed by atoms with Crippen molar-refractivity contribution in [1.29, 1.82) is 0 Å². The summed E-state index contributed by atoms with van der Waals surface area (Å²) in [5.74, 6) is 0.502. The summed E-state index contributed by atoms with van der Waals surface area (Å²) in [6, 6.07) is 10.7. The molecule has 0 aliphatic heterocycles. The normalized spacial score (nSPS) is 10.4. The summed E-state index contributed by atoms with van der Waals surface area (Å²) in [7, 11) is 0. The summed E-state index contributed by atoms with van der Waals surface area (Å²) in [4.78, 5) is 0. The molecule has 0 aliphatic carbocycles. The molecule has 1 N–H and O–H groups in total. The maximum absolute atomic E-state index is 6.03. The van der Waals surface area contributed by atoms with Gasteiger partial charge in [-0.25, -0.2) is 0 Å². The predicted molar refractivity (Wildman–Crippen MR) is 86.9 cm³/mol. The van der Waals surface area contributed by atoms with Crippen molar-refractivity contribution in [1.82, 2.24) is 0 Å². The van der Waals surface area contributed by atoms with Crippen molar-refractivity contribution < 1.29 is 4.74 Å². The van der Waals surface area contributed by atoms with E-state index in [-0.39, 0.29) is 0 Å². The second-order valence-electron chi connectivity index (χ2n) is 3.95. The highest BCUT2D eigenvalue weighted by atomic mass is 35.5. The average molecular weight is 351 g/mol. The summed E-state index contributed by atoms with van der Waals surface area (Å²) in [5, 5.41) is 5.07. The van der Waals surface area contributed by atoms with E-state index in [1.807, 2.05) is 24.3 Å². The molecular formula is C14H11Cl4NO. The van der Waals surface area contributed by atoms with Crippen molar-refractivity contribution in [2.24, 2.45) is 0 Å². The second kappa shape index (κ2) is 7.28. The Bertz CT molecular complexity index is 604. The topological polar surface area (TPSA) is 21.3 Å². The fourth-order valence-electron chi connectivity index (χ4n) is 1.57. The number of hydrogen-bond acceptors (Lipinski definition) is 2. The van der Waals surface area contributed by atoms with E-state index in [1.54, 1.807) is 12.1 Å². The standard InChI is InChI=1S/C14H11Cl4NO/c15-9-3-1-2-4-13(9)19-5-6-20-14-8-11(17)10(16)7-12(14)18/h1-4,7-8,19H,5-6H2. The van der Waals surface area contributed by atoms with Crippen LogP contribution in [0.2, 0.25) is 20.1 Å². The Kier molecular flexibility index (Phi) is 5.67. The van der Waals surface area contributed by atoms with E-state index in [4.69, 9.17) is 51.1 Å². The van der Waals surface area contributed by atoms with Crippen LogP contribution in [0.5, 0.6) is 5.75 Å². The monoisotopic (exact) mass is 349 g/mol. The van der Waals surface area contributed by atoms with Crippen LogP contribution in [0.15, 0.2) is 36.4 Å². The molecular weight excluding hydrogens is 340 g/mol. The van der Waals surface area contributed by atoms with E-state index in [0.717, 1.165) is 5.69 Å². The van der Waals surface area contributed by atoms with Crippen molar-refractivity contribution >= 4 is 52.1 Å². The first-order valence-corrected chi connectivity index (χ1v) is 7.35. The molecule has 0 atom stereocenters. The molecule has 6 heteroatoms. The lowest BCUT2D eigenvalue weighted by Crippen LogP contribution is -2.11. The Labute approximate surface area is 137 Å². The number of rotatable bonds is 5. The number of para-hydroxylation sites is 1. The Morgan fingerprint density at radius 2 is 1.55 bits per heavy atom. The molecule has 0 amide bonds. The van der Waals surface area contributed by atoms with Gasteiger partial charge in [0, 0.05) is 12.6 Å². The van der Waals surface area contributed by atoms with Gasteiger partial charge in [0.05, 0.1) is 25.8 Å². The molecule has 0 heterocycles. The van der Waals surface area contributed by atoms with Crippen molar-refractivity contribution in [2.45, 2.75) is 0 Å². The minimum absolute atomic E-state index is 0.401. The van der Waals surface area contributed by atoms with Gasteiger partial charge in [0.25, 0.3) is 0 Å². The number of benzene rings is 2. The van der Waals surface area contributed by atoms with E-state index in [2.05, 4.69) is 5.32 Å². The van der Waals surface area contributed by atoms with Crippen LogP contribution in [-0.4, -0.2) is 13.2 Å². The molecule has 0 radical (unpaired) electrons. The highest BCUT2D eigenvalue weighted by Gasteiger charge is 2.07. The maximum atomic E-state index is 6.03. The van der Waals surface area contributed by atoms with Crippen LogP contribution < -0.4 is 10.1 Å². The molecule has 2 rings (SSSR count). The van der Waals surface area contributed by atoms with E-state index in [9.17, 15) is 0 Å². The minimum Gasteiger partial charge on any atom is -0.490 e. The van der Waals surface area contributed by atoms with Crippen LogP contribution in [0.4, 0.5) is 5.69 Å². The smallest absolute Gasteiger partial charge is 0.139 e. The Morgan fingerprint density at radius 3 is 2.30 bits per heavy atom. The molecule has 0 unspecified atom stereocenters. The predicted octanol–water partition coefficient (Wildman–Crippen LogP) is 5.79. The van der Waals surface area contributed by atoms with Gasteiger partial charge in [0.15, 0.2) is 0 Å². The molecule has 0 aliphatic rings. The fraction of sp³-hybridized carbons (Fsp3) is 0.143. The summed E-state index contributed by atoms with van der Waals surface area (Å²) in [5.41, 5.74) is 0.859. The fourth-order valence-corrected chi connectivity index (χ4v) is 2.36. The molecule has 0 bridgehead atoms. The first kappa shape index (κ1) is 15.6. The number of hydrogen-bond donors (Lipinski definition) is 1. The van der Waals surface area contributed by atoms with Crippen LogP contribution in [0.3, 0.4) is 0 Å². The first-order chi connectivity index (χ1) is 9.58.